The minimum atomic E-state index is -1.40. The summed E-state index contributed by atoms with van der Waals surface area (Å²) in [5.41, 5.74) is 0.130. The van der Waals surface area contributed by atoms with Gasteiger partial charge in [0.2, 0.25) is 5.91 Å². The highest BCUT2D eigenvalue weighted by Gasteiger charge is 2.51. The van der Waals surface area contributed by atoms with Crippen LogP contribution in [0.25, 0.3) is 0 Å². The number of amides is 1. The first-order valence-corrected chi connectivity index (χ1v) is 6.27. The maximum atomic E-state index is 12.3. The standard InChI is InChI=1S/C14H15NO5/c16-11(17)8-10(12(18)19)15-13(20)14(6-7-14)9-4-2-1-3-5-9/h1-5,10H,6-8H2,(H,15,20)(H,16,17)(H,18,19). The molecular weight excluding hydrogens is 262 g/mol. The van der Waals surface area contributed by atoms with Gasteiger partial charge in [0.05, 0.1) is 11.8 Å². The quantitative estimate of drug-likeness (QED) is 0.712. The van der Waals surface area contributed by atoms with Crippen LogP contribution in [0.5, 0.6) is 0 Å². The van der Waals surface area contributed by atoms with Crippen LogP contribution in [0.1, 0.15) is 24.8 Å². The number of carbonyl (C=O) groups excluding carboxylic acids is 1. The summed E-state index contributed by atoms with van der Waals surface area (Å²) in [7, 11) is 0. The van der Waals surface area contributed by atoms with Crippen LogP contribution in [0.3, 0.4) is 0 Å². The smallest absolute Gasteiger partial charge is 0.326 e. The van der Waals surface area contributed by atoms with E-state index in [1.807, 2.05) is 30.3 Å². The Morgan fingerprint density at radius 2 is 1.75 bits per heavy atom. The molecule has 1 aromatic rings. The zero-order valence-electron chi connectivity index (χ0n) is 10.7. The molecule has 0 spiro atoms. The van der Waals surface area contributed by atoms with Gasteiger partial charge in [-0.05, 0) is 18.4 Å². The molecule has 1 aliphatic carbocycles. The molecule has 20 heavy (non-hydrogen) atoms. The minimum absolute atomic E-state index is 0.419. The van der Waals surface area contributed by atoms with Crippen molar-refractivity contribution in [1.29, 1.82) is 0 Å². The van der Waals surface area contributed by atoms with Crippen LogP contribution >= 0.6 is 0 Å². The average Bonchev–Trinajstić information content (AvgIpc) is 3.19. The summed E-state index contributed by atoms with van der Waals surface area (Å²) in [4.78, 5) is 33.8. The lowest BCUT2D eigenvalue weighted by Crippen LogP contribution is -2.46. The Balaban J connectivity index is 2.11. The van der Waals surface area contributed by atoms with Crippen molar-refractivity contribution < 1.29 is 24.6 Å². The van der Waals surface area contributed by atoms with Crippen LogP contribution in [0, 0.1) is 0 Å². The summed E-state index contributed by atoms with van der Waals surface area (Å²) in [5.74, 6) is -3.02. The fraction of sp³-hybridized carbons (Fsp3) is 0.357. The summed E-state index contributed by atoms with van der Waals surface area (Å²) >= 11 is 0. The summed E-state index contributed by atoms with van der Waals surface area (Å²) in [6, 6.07) is 7.70. The lowest BCUT2D eigenvalue weighted by molar-refractivity contribution is -0.147. The zero-order valence-corrected chi connectivity index (χ0v) is 10.7. The van der Waals surface area contributed by atoms with Crippen LogP contribution in [0.2, 0.25) is 0 Å². The zero-order chi connectivity index (χ0) is 14.8. The Morgan fingerprint density at radius 1 is 1.15 bits per heavy atom. The van der Waals surface area contributed by atoms with Crippen molar-refractivity contribution in [3.05, 3.63) is 35.9 Å². The second kappa shape index (κ2) is 5.32. The molecule has 0 bridgehead atoms. The van der Waals surface area contributed by atoms with Crippen LogP contribution in [-0.2, 0) is 19.8 Å². The Morgan fingerprint density at radius 3 is 2.20 bits per heavy atom. The molecule has 3 N–H and O–H groups in total. The maximum Gasteiger partial charge on any atom is 0.326 e. The number of aliphatic carboxylic acids is 2. The van der Waals surface area contributed by atoms with E-state index in [9.17, 15) is 14.4 Å². The van der Waals surface area contributed by atoms with E-state index in [0.29, 0.717) is 12.8 Å². The molecule has 6 nitrogen and oxygen atoms in total. The summed E-state index contributed by atoms with van der Waals surface area (Å²) < 4.78 is 0. The number of carbonyl (C=O) groups is 3. The molecule has 6 heteroatoms. The van der Waals surface area contributed by atoms with E-state index in [4.69, 9.17) is 10.2 Å². The van der Waals surface area contributed by atoms with Crippen molar-refractivity contribution in [2.75, 3.05) is 0 Å². The molecule has 106 valence electrons. The van der Waals surface area contributed by atoms with Gasteiger partial charge in [-0.15, -0.1) is 0 Å². The van der Waals surface area contributed by atoms with Crippen molar-refractivity contribution in [3.63, 3.8) is 0 Å². The monoisotopic (exact) mass is 277 g/mol. The Bertz CT molecular complexity index is 536. The first-order chi connectivity index (χ1) is 9.45. The van der Waals surface area contributed by atoms with Gasteiger partial charge in [0.1, 0.15) is 6.04 Å². The largest absolute Gasteiger partial charge is 0.481 e. The third kappa shape index (κ3) is 2.79. The van der Waals surface area contributed by atoms with Crippen LogP contribution in [-0.4, -0.2) is 34.1 Å². The fourth-order valence-corrected chi connectivity index (χ4v) is 2.20. The van der Waals surface area contributed by atoms with Gasteiger partial charge in [-0.1, -0.05) is 30.3 Å². The first kappa shape index (κ1) is 14.0. The van der Waals surface area contributed by atoms with E-state index < -0.39 is 35.7 Å². The molecule has 1 amide bonds. The van der Waals surface area contributed by atoms with Gasteiger partial charge in [-0.3, -0.25) is 9.59 Å². The molecule has 0 saturated heterocycles. The molecule has 2 rings (SSSR count). The van der Waals surface area contributed by atoms with Crippen LogP contribution in [0.4, 0.5) is 0 Å². The number of benzene rings is 1. The average molecular weight is 277 g/mol. The molecule has 1 unspecified atom stereocenters. The molecule has 0 aromatic heterocycles. The number of hydrogen-bond acceptors (Lipinski definition) is 3. The summed E-state index contributed by atoms with van der Waals surface area (Å²) in [5, 5.41) is 19.9. The normalized spacial score (nSPS) is 17.0. The lowest BCUT2D eigenvalue weighted by Gasteiger charge is -2.19. The highest BCUT2D eigenvalue weighted by atomic mass is 16.4. The van der Waals surface area contributed by atoms with Crippen LogP contribution in [0.15, 0.2) is 30.3 Å². The molecular formula is C14H15NO5. The first-order valence-electron chi connectivity index (χ1n) is 6.27. The van der Waals surface area contributed by atoms with Gasteiger partial charge in [0.15, 0.2) is 0 Å². The van der Waals surface area contributed by atoms with Gasteiger partial charge in [-0.2, -0.15) is 0 Å². The molecule has 0 radical (unpaired) electrons. The molecule has 0 heterocycles. The third-order valence-electron chi connectivity index (χ3n) is 3.49. The lowest BCUT2D eigenvalue weighted by atomic mass is 9.94. The van der Waals surface area contributed by atoms with Gasteiger partial charge >= 0.3 is 11.9 Å². The fourth-order valence-electron chi connectivity index (χ4n) is 2.20. The molecule has 1 saturated carbocycles. The van der Waals surface area contributed by atoms with E-state index in [0.717, 1.165) is 5.56 Å². The summed E-state index contributed by atoms with van der Waals surface area (Å²) in [6.45, 7) is 0. The van der Waals surface area contributed by atoms with E-state index in [-0.39, 0.29) is 0 Å². The number of rotatable bonds is 6. The van der Waals surface area contributed by atoms with Gasteiger partial charge in [0.25, 0.3) is 0 Å². The second-order valence-electron chi connectivity index (χ2n) is 4.91. The highest BCUT2D eigenvalue weighted by Crippen LogP contribution is 2.48. The van der Waals surface area contributed by atoms with Gasteiger partial charge in [0, 0.05) is 0 Å². The Labute approximate surface area is 115 Å². The number of carboxylic acids is 2. The van der Waals surface area contributed by atoms with Crippen molar-refractivity contribution in [3.8, 4) is 0 Å². The number of nitrogens with one attached hydrogen (secondary N) is 1. The number of hydrogen-bond donors (Lipinski definition) is 3. The molecule has 1 aliphatic rings. The SMILES string of the molecule is O=C(O)CC(NC(=O)C1(c2ccccc2)CC1)C(=O)O. The minimum Gasteiger partial charge on any atom is -0.481 e. The van der Waals surface area contributed by atoms with Crippen LogP contribution < -0.4 is 5.32 Å². The van der Waals surface area contributed by atoms with Crippen molar-refractivity contribution >= 4 is 17.8 Å². The third-order valence-corrected chi connectivity index (χ3v) is 3.49. The Hall–Kier alpha value is -2.37. The Kier molecular flexibility index (Phi) is 3.74. The molecule has 1 atom stereocenters. The maximum absolute atomic E-state index is 12.3. The van der Waals surface area contributed by atoms with Gasteiger partial charge < -0.3 is 15.5 Å². The van der Waals surface area contributed by atoms with E-state index >= 15 is 0 Å². The van der Waals surface area contributed by atoms with Crippen molar-refractivity contribution in [2.45, 2.75) is 30.7 Å². The predicted molar refractivity (Wildman–Crippen MR) is 69.2 cm³/mol. The van der Waals surface area contributed by atoms with Gasteiger partial charge in [-0.25, -0.2) is 4.79 Å². The topological polar surface area (TPSA) is 104 Å². The second-order valence-corrected chi connectivity index (χ2v) is 4.91. The van der Waals surface area contributed by atoms with E-state index in [2.05, 4.69) is 5.32 Å². The van der Waals surface area contributed by atoms with E-state index in [1.165, 1.54) is 0 Å². The predicted octanol–water partition coefficient (Wildman–Crippen LogP) is 0.762. The highest BCUT2D eigenvalue weighted by molar-refractivity contribution is 5.94. The number of carboxylic acid groups (broad SMARTS) is 2. The van der Waals surface area contributed by atoms with Crippen molar-refractivity contribution in [2.24, 2.45) is 0 Å². The van der Waals surface area contributed by atoms with E-state index in [1.54, 1.807) is 0 Å². The molecule has 1 aromatic carbocycles. The summed E-state index contributed by atoms with van der Waals surface area (Å²) in [6.07, 6.45) is 0.649. The van der Waals surface area contributed by atoms with Crippen molar-refractivity contribution in [1.82, 2.24) is 5.32 Å². The molecule has 0 aliphatic heterocycles. The molecule has 1 fully saturated rings.